The quantitative estimate of drug-likeness (QED) is 0.761. The van der Waals surface area contributed by atoms with E-state index in [9.17, 15) is 22.4 Å². The van der Waals surface area contributed by atoms with E-state index in [0.717, 1.165) is 18.3 Å². The summed E-state index contributed by atoms with van der Waals surface area (Å²) in [4.78, 5) is 19.8. The van der Waals surface area contributed by atoms with Gasteiger partial charge in [0.1, 0.15) is 11.6 Å². The second kappa shape index (κ2) is 7.31. The van der Waals surface area contributed by atoms with E-state index in [0.29, 0.717) is 26.1 Å². The highest BCUT2D eigenvalue weighted by atomic mass is 19.4. The van der Waals surface area contributed by atoms with Crippen LogP contribution >= 0.6 is 0 Å². The molecule has 2 aromatic rings. The van der Waals surface area contributed by atoms with Crippen molar-refractivity contribution < 1.29 is 22.4 Å². The molecule has 0 radical (unpaired) electrons. The molecule has 1 aromatic heterocycles. The Labute approximate surface area is 148 Å². The van der Waals surface area contributed by atoms with Crippen molar-refractivity contribution in [2.75, 3.05) is 31.1 Å². The zero-order valence-corrected chi connectivity index (χ0v) is 13.8. The summed E-state index contributed by atoms with van der Waals surface area (Å²) < 4.78 is 52.4. The molecule has 0 spiro atoms. The largest absolute Gasteiger partial charge is 0.416 e. The summed E-state index contributed by atoms with van der Waals surface area (Å²) in [5.41, 5.74) is -0.760. The third kappa shape index (κ3) is 3.95. The van der Waals surface area contributed by atoms with Crippen LogP contribution in [-0.2, 0) is 6.18 Å². The second-order valence-electron chi connectivity index (χ2n) is 6.01. The van der Waals surface area contributed by atoms with Crippen molar-refractivity contribution in [1.82, 2.24) is 9.88 Å². The Balaban J connectivity index is 1.73. The summed E-state index contributed by atoms with van der Waals surface area (Å²) in [6.45, 7) is 1.48. The van der Waals surface area contributed by atoms with Gasteiger partial charge in [0, 0.05) is 32.4 Å². The lowest BCUT2D eigenvalue weighted by molar-refractivity contribution is -0.137. The minimum Gasteiger partial charge on any atom is -0.355 e. The first-order valence-electron chi connectivity index (χ1n) is 8.18. The number of hydrogen-bond donors (Lipinski definition) is 0. The molecular formula is C18H17F4N3O. The van der Waals surface area contributed by atoms with Gasteiger partial charge >= 0.3 is 6.18 Å². The van der Waals surface area contributed by atoms with Crippen molar-refractivity contribution in [3.05, 3.63) is 59.5 Å². The maximum atomic E-state index is 13.8. The molecule has 0 aliphatic carbocycles. The number of aromatic nitrogens is 1. The van der Waals surface area contributed by atoms with Crippen LogP contribution in [0.2, 0.25) is 0 Å². The van der Waals surface area contributed by atoms with E-state index in [1.54, 1.807) is 11.0 Å². The Morgan fingerprint density at radius 1 is 1.04 bits per heavy atom. The first-order chi connectivity index (χ1) is 12.4. The Kier molecular flexibility index (Phi) is 5.11. The van der Waals surface area contributed by atoms with Crippen molar-refractivity contribution in [2.24, 2.45) is 0 Å². The third-order valence-corrected chi connectivity index (χ3v) is 4.28. The molecule has 0 bridgehead atoms. The zero-order chi connectivity index (χ0) is 18.7. The fraction of sp³-hybridized carbons (Fsp3) is 0.333. The molecule has 26 heavy (non-hydrogen) atoms. The summed E-state index contributed by atoms with van der Waals surface area (Å²) in [6, 6.07) is 7.69. The van der Waals surface area contributed by atoms with Gasteiger partial charge in [-0.3, -0.25) is 4.79 Å². The maximum Gasteiger partial charge on any atom is 0.416 e. The molecule has 1 aliphatic heterocycles. The van der Waals surface area contributed by atoms with Crippen LogP contribution < -0.4 is 4.90 Å². The molecule has 8 heteroatoms. The number of amides is 1. The average Bonchev–Trinajstić information content (AvgIpc) is 2.87. The first kappa shape index (κ1) is 18.2. The topological polar surface area (TPSA) is 36.4 Å². The lowest BCUT2D eigenvalue weighted by Gasteiger charge is -2.23. The van der Waals surface area contributed by atoms with Crippen molar-refractivity contribution in [3.8, 4) is 0 Å². The van der Waals surface area contributed by atoms with Crippen LogP contribution in [0.5, 0.6) is 0 Å². The smallest absolute Gasteiger partial charge is 0.355 e. The van der Waals surface area contributed by atoms with Crippen molar-refractivity contribution in [3.63, 3.8) is 0 Å². The molecule has 1 amide bonds. The standard InChI is InChI=1S/C18H17F4N3O/c19-15-5-2-1-4-14(15)17(26)25-9-3-8-24(10-11-25)16-12-13(6-7-23-16)18(20,21)22/h1-2,4-7,12H,3,8-11H2. The Morgan fingerprint density at radius 3 is 2.54 bits per heavy atom. The predicted molar refractivity (Wildman–Crippen MR) is 88.4 cm³/mol. The fourth-order valence-electron chi connectivity index (χ4n) is 2.92. The van der Waals surface area contributed by atoms with Gasteiger partial charge in [-0.15, -0.1) is 0 Å². The number of anilines is 1. The Morgan fingerprint density at radius 2 is 1.81 bits per heavy atom. The third-order valence-electron chi connectivity index (χ3n) is 4.28. The Hall–Kier alpha value is -2.64. The normalized spacial score (nSPS) is 15.7. The molecule has 2 heterocycles. The molecule has 1 aromatic carbocycles. The molecule has 1 fully saturated rings. The van der Waals surface area contributed by atoms with E-state index in [-0.39, 0.29) is 17.9 Å². The molecule has 3 rings (SSSR count). The molecule has 0 N–H and O–H groups in total. The molecular weight excluding hydrogens is 350 g/mol. The van der Waals surface area contributed by atoms with Gasteiger partial charge in [0.25, 0.3) is 5.91 Å². The minimum atomic E-state index is -4.43. The lowest BCUT2D eigenvalue weighted by atomic mass is 10.2. The van der Waals surface area contributed by atoms with Gasteiger partial charge in [0.15, 0.2) is 0 Å². The maximum absolute atomic E-state index is 13.8. The van der Waals surface area contributed by atoms with Gasteiger partial charge in [-0.2, -0.15) is 13.2 Å². The van der Waals surface area contributed by atoms with E-state index in [1.165, 1.54) is 23.1 Å². The number of benzene rings is 1. The van der Waals surface area contributed by atoms with Crippen LogP contribution in [0.1, 0.15) is 22.3 Å². The van der Waals surface area contributed by atoms with Crippen molar-refractivity contribution in [2.45, 2.75) is 12.6 Å². The second-order valence-corrected chi connectivity index (χ2v) is 6.01. The summed E-state index contributed by atoms with van der Waals surface area (Å²) in [5.74, 6) is -0.778. The van der Waals surface area contributed by atoms with Crippen LogP contribution in [0.4, 0.5) is 23.4 Å². The fourth-order valence-corrected chi connectivity index (χ4v) is 2.92. The number of hydrogen-bond acceptors (Lipinski definition) is 3. The highest BCUT2D eigenvalue weighted by Gasteiger charge is 2.31. The summed E-state index contributed by atoms with van der Waals surface area (Å²) >= 11 is 0. The molecule has 0 unspecified atom stereocenters. The SMILES string of the molecule is O=C(c1ccccc1F)N1CCCN(c2cc(C(F)(F)F)ccn2)CC1. The van der Waals surface area contributed by atoms with Gasteiger partial charge in [0.05, 0.1) is 11.1 Å². The van der Waals surface area contributed by atoms with Gasteiger partial charge in [-0.05, 0) is 30.7 Å². The molecule has 4 nitrogen and oxygen atoms in total. The molecule has 1 aliphatic rings. The average molecular weight is 367 g/mol. The van der Waals surface area contributed by atoms with Gasteiger partial charge < -0.3 is 9.80 Å². The first-order valence-corrected chi connectivity index (χ1v) is 8.18. The van der Waals surface area contributed by atoms with Gasteiger partial charge in [-0.1, -0.05) is 12.1 Å². The van der Waals surface area contributed by atoms with Crippen LogP contribution in [0.3, 0.4) is 0 Å². The van der Waals surface area contributed by atoms with Crippen LogP contribution in [0, 0.1) is 5.82 Å². The number of alkyl halides is 3. The summed E-state index contributed by atoms with van der Waals surface area (Å²) in [6.07, 6.45) is -2.75. The highest BCUT2D eigenvalue weighted by Crippen LogP contribution is 2.31. The molecule has 0 atom stereocenters. The molecule has 0 saturated carbocycles. The predicted octanol–water partition coefficient (Wildman–Crippen LogP) is 3.59. The number of pyridine rings is 1. The number of halogens is 4. The number of rotatable bonds is 2. The summed E-state index contributed by atoms with van der Waals surface area (Å²) in [5, 5.41) is 0. The van der Waals surface area contributed by atoms with Crippen LogP contribution in [-0.4, -0.2) is 42.0 Å². The monoisotopic (exact) mass is 367 g/mol. The molecule has 138 valence electrons. The van der Waals surface area contributed by atoms with Crippen LogP contribution in [0.15, 0.2) is 42.6 Å². The minimum absolute atomic E-state index is 0.00172. The van der Waals surface area contributed by atoms with Crippen molar-refractivity contribution in [1.29, 1.82) is 0 Å². The summed E-state index contributed by atoms with van der Waals surface area (Å²) in [7, 11) is 0. The van der Waals surface area contributed by atoms with E-state index in [2.05, 4.69) is 4.98 Å². The van der Waals surface area contributed by atoms with Gasteiger partial charge in [-0.25, -0.2) is 9.37 Å². The number of carbonyl (C=O) groups excluding carboxylic acids is 1. The Bertz CT molecular complexity index is 794. The van der Waals surface area contributed by atoms with E-state index >= 15 is 0 Å². The highest BCUT2D eigenvalue weighted by molar-refractivity contribution is 5.94. The van der Waals surface area contributed by atoms with E-state index in [1.807, 2.05) is 0 Å². The zero-order valence-electron chi connectivity index (χ0n) is 13.8. The molecule has 1 saturated heterocycles. The lowest BCUT2D eigenvalue weighted by Crippen LogP contribution is -2.35. The number of carbonyl (C=O) groups is 1. The number of nitrogens with zero attached hydrogens (tertiary/aromatic N) is 3. The van der Waals surface area contributed by atoms with E-state index in [4.69, 9.17) is 0 Å². The van der Waals surface area contributed by atoms with Crippen LogP contribution in [0.25, 0.3) is 0 Å². The van der Waals surface area contributed by atoms with Crippen molar-refractivity contribution >= 4 is 11.7 Å². The van der Waals surface area contributed by atoms with Gasteiger partial charge in [0.2, 0.25) is 0 Å². The van der Waals surface area contributed by atoms with E-state index < -0.39 is 23.5 Å².